The number of hydrogen-bond donors (Lipinski definition) is 0. The Labute approximate surface area is 565 Å². The molecule has 4 aliphatic rings. The van der Waals surface area contributed by atoms with Crippen LogP contribution in [0.5, 0.6) is 0 Å². The molecule has 8 nitrogen and oxygen atoms in total. The van der Waals surface area contributed by atoms with E-state index < -0.39 is 21.9 Å². The SMILES string of the molecule is Cc1c(C)[n+](C)[c-]n1C1(c2[c-]c(C3(c4cc[n-]n4)c4ccccc4-c4ccccc43)ccc2)c2ccccc2-c2ccccc21.Cc1c(C)[n+](C)[c-]n1C1(c2[c-]c(C3(c4cc[n-]n4)c4ccccc4-c4ccccc43)ccc2)c2ccccc2-c2ccccc21.[Pt].[Pt]. The summed E-state index contributed by atoms with van der Waals surface area (Å²) in [6, 6.07) is 95.7. The van der Waals surface area contributed by atoms with Crippen LogP contribution in [0.15, 0.2) is 255 Å². The van der Waals surface area contributed by atoms with E-state index in [1.165, 1.54) is 100 Å². The minimum absolute atomic E-state index is 0. The van der Waals surface area contributed by atoms with E-state index in [2.05, 4.69) is 338 Å². The number of aryl methyl sites for hydroxylation is 2. The number of rotatable bonds is 8. The third-order valence-corrected chi connectivity index (χ3v) is 20.5. The zero-order chi connectivity index (χ0) is 60.7. The van der Waals surface area contributed by atoms with Crippen molar-refractivity contribution in [3.63, 3.8) is 0 Å². The predicted octanol–water partition coefficient (Wildman–Crippen LogP) is 14.1. The Hall–Kier alpha value is -9.58. The first-order valence-electron chi connectivity index (χ1n) is 30.8. The Balaban J connectivity index is 0.000000149. The monoisotopic (exact) mass is 1550 g/mol. The van der Waals surface area contributed by atoms with Crippen molar-refractivity contribution in [3.8, 4) is 44.5 Å². The van der Waals surface area contributed by atoms with Crippen LogP contribution in [0.4, 0.5) is 0 Å². The van der Waals surface area contributed by atoms with Crippen LogP contribution < -0.4 is 19.3 Å². The zero-order valence-electron chi connectivity index (χ0n) is 51.5. The van der Waals surface area contributed by atoms with Gasteiger partial charge in [-0.3, -0.25) is 0 Å². The van der Waals surface area contributed by atoms with Crippen LogP contribution >= 0.6 is 0 Å². The number of nitrogens with zero attached hydrogens (tertiary/aromatic N) is 8. The normalized spacial score (nSPS) is 14.6. The quantitative estimate of drug-likeness (QED) is 0.112. The topological polar surface area (TPSA) is 71.6 Å². The summed E-state index contributed by atoms with van der Waals surface area (Å²) in [7, 11) is 4.16. The molecule has 10 aromatic carbocycles. The van der Waals surface area contributed by atoms with Gasteiger partial charge in [-0.25, -0.2) is 0 Å². The first-order chi connectivity index (χ1) is 44.1. The Morgan fingerprint density at radius 1 is 0.315 bits per heavy atom. The summed E-state index contributed by atoms with van der Waals surface area (Å²) in [4.78, 5) is 0. The zero-order valence-corrected chi connectivity index (χ0v) is 56.0. The molecule has 452 valence electrons. The minimum Gasteiger partial charge on any atom is -0.581 e. The second-order valence-electron chi connectivity index (χ2n) is 24.4. The van der Waals surface area contributed by atoms with Crippen LogP contribution in [0.25, 0.3) is 44.5 Å². The van der Waals surface area contributed by atoms with Gasteiger partial charge in [0, 0.05) is 75.8 Å². The molecule has 0 spiro atoms. The van der Waals surface area contributed by atoms with Crippen LogP contribution in [-0.2, 0) is 78.1 Å². The summed E-state index contributed by atoms with van der Waals surface area (Å²) < 4.78 is 8.90. The molecule has 18 rings (SSSR count). The number of fused-ring (bicyclic) bond motifs is 12. The molecule has 0 saturated carbocycles. The molecule has 0 atom stereocenters. The summed E-state index contributed by atoms with van der Waals surface area (Å²) in [6.07, 6.45) is 11.1. The van der Waals surface area contributed by atoms with Crippen LogP contribution in [0.3, 0.4) is 0 Å². The van der Waals surface area contributed by atoms with E-state index >= 15 is 0 Å². The van der Waals surface area contributed by atoms with Crippen molar-refractivity contribution in [2.45, 2.75) is 49.6 Å². The van der Waals surface area contributed by atoms with Gasteiger partial charge in [-0.15, -0.1) is 22.3 Å². The molecule has 0 fully saturated rings. The third-order valence-electron chi connectivity index (χ3n) is 20.5. The second-order valence-corrected chi connectivity index (χ2v) is 24.4. The Bertz CT molecular complexity index is 4700. The predicted molar refractivity (Wildman–Crippen MR) is 350 cm³/mol. The summed E-state index contributed by atoms with van der Waals surface area (Å²) in [5.74, 6) is 0. The molecule has 14 aromatic rings. The standard InChI is InChI=1S/2C41H30N4.2Pt/c2*1-27-28(2)45(26-44(27)3)41(37-21-10-6-17-33(37)34-18-7-11-22-38(34)41)30-14-12-13-29(25-30)40(39-23-24-42-43-39)35-19-8-4-15-31(35)32-16-5-9-20-36(32)40;;/h2*4-24H,1-3H3;;/q2*-2;;. The van der Waals surface area contributed by atoms with Gasteiger partial charge in [0.1, 0.15) is 11.1 Å². The maximum atomic E-state index is 4.76. The summed E-state index contributed by atoms with van der Waals surface area (Å²) in [5.41, 5.74) is 27.5. The summed E-state index contributed by atoms with van der Waals surface area (Å²) in [5, 5.41) is 18.2. The fourth-order valence-corrected chi connectivity index (χ4v) is 16.3. The molecule has 0 amide bonds. The molecular weight excluding hydrogens is 1490 g/mol. The van der Waals surface area contributed by atoms with Gasteiger partial charge < -0.3 is 38.7 Å². The fraction of sp³-hybridized carbons (Fsp3) is 0.122. The van der Waals surface area contributed by atoms with E-state index in [1.807, 2.05) is 0 Å². The fourth-order valence-electron chi connectivity index (χ4n) is 16.3. The van der Waals surface area contributed by atoms with Gasteiger partial charge in [-0.1, -0.05) is 234 Å². The molecule has 4 aliphatic carbocycles. The summed E-state index contributed by atoms with van der Waals surface area (Å²) in [6.45, 7) is 8.73. The van der Waals surface area contributed by atoms with E-state index in [0.29, 0.717) is 0 Å². The average molecular weight is 1550 g/mol. The molecule has 0 radical (unpaired) electrons. The van der Waals surface area contributed by atoms with Crippen molar-refractivity contribution in [2.24, 2.45) is 14.1 Å². The van der Waals surface area contributed by atoms with Crippen LogP contribution in [0.1, 0.15) is 101 Å². The molecule has 92 heavy (non-hydrogen) atoms. The minimum atomic E-state index is -0.685. The van der Waals surface area contributed by atoms with Gasteiger partial charge in [0.05, 0.1) is 24.9 Å². The maximum Gasteiger partial charge on any atom is 0.205 e. The number of imidazole rings is 2. The largest absolute Gasteiger partial charge is 0.581 e. The van der Waals surface area contributed by atoms with Crippen LogP contribution in [0.2, 0.25) is 0 Å². The van der Waals surface area contributed by atoms with E-state index in [9.17, 15) is 0 Å². The van der Waals surface area contributed by atoms with Crippen molar-refractivity contribution in [1.29, 1.82) is 0 Å². The number of aromatic nitrogens is 8. The van der Waals surface area contributed by atoms with Crippen molar-refractivity contribution < 1.29 is 51.3 Å². The Kier molecular flexibility index (Phi) is 14.1. The van der Waals surface area contributed by atoms with Gasteiger partial charge in [0.15, 0.2) is 0 Å². The molecule has 4 heterocycles. The van der Waals surface area contributed by atoms with E-state index in [0.717, 1.165) is 45.0 Å². The molecule has 10 heteroatoms. The second kappa shape index (κ2) is 22.1. The van der Waals surface area contributed by atoms with E-state index in [4.69, 9.17) is 10.2 Å². The third kappa shape index (κ3) is 7.71. The molecular formula is C82H60N8Pt2-4. The van der Waals surface area contributed by atoms with Crippen molar-refractivity contribution in [2.75, 3.05) is 0 Å². The Morgan fingerprint density at radius 2 is 0.565 bits per heavy atom. The van der Waals surface area contributed by atoms with Crippen LogP contribution in [-0.4, -0.2) is 19.3 Å². The molecule has 0 bridgehead atoms. The average Bonchev–Trinajstić information content (AvgIpc) is 1.55. The smallest absolute Gasteiger partial charge is 0.205 e. The van der Waals surface area contributed by atoms with Gasteiger partial charge in [-0.05, 0) is 89.5 Å². The van der Waals surface area contributed by atoms with Crippen molar-refractivity contribution >= 4 is 0 Å². The van der Waals surface area contributed by atoms with E-state index in [1.54, 1.807) is 12.4 Å². The first kappa shape index (κ1) is 58.8. The van der Waals surface area contributed by atoms with Crippen molar-refractivity contribution in [3.05, 3.63) is 381 Å². The van der Waals surface area contributed by atoms with E-state index in [-0.39, 0.29) is 42.1 Å². The van der Waals surface area contributed by atoms with Gasteiger partial charge in [-0.2, -0.15) is 60.9 Å². The number of benzene rings is 10. The number of hydrogen-bond acceptors (Lipinski definition) is 2. The van der Waals surface area contributed by atoms with Crippen molar-refractivity contribution in [1.82, 2.24) is 29.5 Å². The maximum absolute atomic E-state index is 4.76. The van der Waals surface area contributed by atoms with Gasteiger partial charge in [0.2, 0.25) is 12.7 Å². The molecule has 0 saturated heterocycles. The van der Waals surface area contributed by atoms with Crippen LogP contribution in [0, 0.1) is 52.5 Å². The molecule has 0 N–H and O–H groups in total. The first-order valence-corrected chi connectivity index (χ1v) is 30.8. The molecule has 0 unspecified atom stereocenters. The summed E-state index contributed by atoms with van der Waals surface area (Å²) >= 11 is 0. The Morgan fingerprint density at radius 3 is 0.815 bits per heavy atom. The molecule has 0 aliphatic heterocycles. The molecule has 4 aromatic heterocycles. The van der Waals surface area contributed by atoms with Gasteiger partial charge in [0.25, 0.3) is 0 Å². The van der Waals surface area contributed by atoms with Gasteiger partial charge >= 0.3 is 0 Å².